The van der Waals surface area contributed by atoms with Crippen molar-refractivity contribution in [3.05, 3.63) is 41.6 Å². The molecule has 1 aromatic rings. The van der Waals surface area contributed by atoms with Crippen molar-refractivity contribution in [2.24, 2.45) is 0 Å². The third-order valence-corrected chi connectivity index (χ3v) is 2.74. The molecule has 0 fully saturated rings. The first-order valence-electron chi connectivity index (χ1n) is 6.13. The number of anilines is 1. The van der Waals surface area contributed by atoms with Crippen LogP contribution in [0.15, 0.2) is 36.0 Å². The molecule has 0 radical (unpaired) electrons. The number of nitrogens with zero attached hydrogens (tertiary/aromatic N) is 3. The molecule has 0 aliphatic carbocycles. The van der Waals surface area contributed by atoms with Crippen LogP contribution in [0.5, 0.6) is 0 Å². The summed E-state index contributed by atoms with van der Waals surface area (Å²) in [6.45, 7) is 0. The molecule has 102 valence electrons. The minimum Gasteiger partial charge on any atom is -0.360 e. The SMILES string of the molecule is CN(C)C(=O)CCc1ccccc1NC=C(C#N)C#N. The highest BCUT2D eigenvalue weighted by Gasteiger charge is 2.07. The number of hydrogen-bond donors (Lipinski definition) is 1. The Morgan fingerprint density at radius 2 is 1.95 bits per heavy atom. The fraction of sp³-hybridized carbons (Fsp3) is 0.267. The average molecular weight is 268 g/mol. The van der Waals surface area contributed by atoms with E-state index in [9.17, 15) is 4.79 Å². The molecule has 0 saturated heterocycles. The molecule has 1 rings (SSSR count). The summed E-state index contributed by atoms with van der Waals surface area (Å²) >= 11 is 0. The molecule has 0 aliphatic rings. The number of benzene rings is 1. The van der Waals surface area contributed by atoms with Crippen LogP contribution in [0.4, 0.5) is 5.69 Å². The summed E-state index contributed by atoms with van der Waals surface area (Å²) in [5.41, 5.74) is 1.76. The number of amides is 1. The standard InChI is InChI=1S/C15H16N4O/c1-19(2)15(20)8-7-13-5-3-4-6-14(13)18-11-12(9-16)10-17/h3-6,11,18H,7-8H2,1-2H3. The van der Waals surface area contributed by atoms with E-state index >= 15 is 0 Å². The summed E-state index contributed by atoms with van der Waals surface area (Å²) in [7, 11) is 3.45. The number of carbonyl (C=O) groups is 1. The maximum absolute atomic E-state index is 11.6. The first kappa shape index (κ1) is 15.3. The van der Waals surface area contributed by atoms with E-state index in [2.05, 4.69) is 5.32 Å². The molecule has 0 spiro atoms. The number of nitrogens with one attached hydrogen (secondary N) is 1. The van der Waals surface area contributed by atoms with Gasteiger partial charge in [0.25, 0.3) is 0 Å². The molecule has 1 aromatic carbocycles. The van der Waals surface area contributed by atoms with Crippen molar-refractivity contribution in [1.82, 2.24) is 4.90 Å². The number of carbonyl (C=O) groups excluding carboxylic acids is 1. The predicted molar refractivity (Wildman–Crippen MR) is 76.4 cm³/mol. The van der Waals surface area contributed by atoms with Crippen molar-refractivity contribution in [2.75, 3.05) is 19.4 Å². The van der Waals surface area contributed by atoms with Crippen molar-refractivity contribution < 1.29 is 4.79 Å². The Labute approximate surface area is 118 Å². The van der Waals surface area contributed by atoms with Crippen LogP contribution in [0.1, 0.15) is 12.0 Å². The van der Waals surface area contributed by atoms with Gasteiger partial charge in [-0.1, -0.05) is 18.2 Å². The zero-order valence-electron chi connectivity index (χ0n) is 11.6. The van der Waals surface area contributed by atoms with Gasteiger partial charge in [0.1, 0.15) is 17.7 Å². The van der Waals surface area contributed by atoms with Crippen LogP contribution in [0.2, 0.25) is 0 Å². The minimum atomic E-state index is 0.00386. The van der Waals surface area contributed by atoms with Crippen molar-refractivity contribution in [1.29, 1.82) is 10.5 Å². The Bertz CT molecular complexity index is 575. The fourth-order valence-electron chi connectivity index (χ4n) is 1.58. The van der Waals surface area contributed by atoms with E-state index in [-0.39, 0.29) is 11.5 Å². The number of nitriles is 2. The highest BCUT2D eigenvalue weighted by Crippen LogP contribution is 2.17. The van der Waals surface area contributed by atoms with Gasteiger partial charge in [0.2, 0.25) is 5.91 Å². The Kier molecular flexibility index (Phi) is 5.80. The van der Waals surface area contributed by atoms with E-state index in [0.717, 1.165) is 11.3 Å². The summed E-state index contributed by atoms with van der Waals surface area (Å²) in [6.07, 6.45) is 2.38. The Morgan fingerprint density at radius 1 is 1.30 bits per heavy atom. The zero-order chi connectivity index (χ0) is 15.0. The van der Waals surface area contributed by atoms with Crippen molar-refractivity contribution in [2.45, 2.75) is 12.8 Å². The van der Waals surface area contributed by atoms with Crippen LogP contribution in [0.3, 0.4) is 0 Å². The lowest BCUT2D eigenvalue weighted by Crippen LogP contribution is -2.21. The van der Waals surface area contributed by atoms with Gasteiger partial charge in [0, 0.05) is 32.4 Å². The molecule has 0 saturated carbocycles. The molecule has 0 aromatic heterocycles. The van der Waals surface area contributed by atoms with E-state index in [1.807, 2.05) is 24.3 Å². The zero-order valence-corrected chi connectivity index (χ0v) is 11.6. The Balaban J connectivity index is 2.79. The summed E-state index contributed by atoms with van der Waals surface area (Å²) < 4.78 is 0. The maximum Gasteiger partial charge on any atom is 0.222 e. The molecule has 5 heteroatoms. The van der Waals surface area contributed by atoms with Crippen LogP contribution in [-0.4, -0.2) is 24.9 Å². The second kappa shape index (κ2) is 7.60. The fourth-order valence-corrected chi connectivity index (χ4v) is 1.58. The highest BCUT2D eigenvalue weighted by molar-refractivity contribution is 5.76. The molecule has 0 heterocycles. The van der Waals surface area contributed by atoms with E-state index in [1.54, 1.807) is 31.1 Å². The molecule has 0 unspecified atom stereocenters. The number of hydrogen-bond acceptors (Lipinski definition) is 4. The van der Waals surface area contributed by atoms with Gasteiger partial charge < -0.3 is 10.2 Å². The average Bonchev–Trinajstić information content (AvgIpc) is 2.46. The molecule has 20 heavy (non-hydrogen) atoms. The van der Waals surface area contributed by atoms with Gasteiger partial charge >= 0.3 is 0 Å². The third-order valence-electron chi connectivity index (χ3n) is 2.74. The summed E-state index contributed by atoms with van der Waals surface area (Å²) in [6, 6.07) is 11.1. The molecule has 0 aliphatic heterocycles. The van der Waals surface area contributed by atoms with Crippen molar-refractivity contribution >= 4 is 11.6 Å². The van der Waals surface area contributed by atoms with Crippen molar-refractivity contribution in [3.63, 3.8) is 0 Å². The number of allylic oxidation sites excluding steroid dienone is 1. The maximum atomic E-state index is 11.6. The first-order chi connectivity index (χ1) is 9.58. The van der Waals surface area contributed by atoms with E-state index < -0.39 is 0 Å². The van der Waals surface area contributed by atoms with Gasteiger partial charge in [-0.15, -0.1) is 0 Å². The second-order valence-electron chi connectivity index (χ2n) is 4.37. The molecule has 1 amide bonds. The Hall–Kier alpha value is -2.79. The molecule has 5 nitrogen and oxygen atoms in total. The van der Waals surface area contributed by atoms with Crippen LogP contribution in [-0.2, 0) is 11.2 Å². The van der Waals surface area contributed by atoms with Gasteiger partial charge in [0.15, 0.2) is 0 Å². The van der Waals surface area contributed by atoms with Gasteiger partial charge in [-0.2, -0.15) is 10.5 Å². The van der Waals surface area contributed by atoms with Gasteiger partial charge in [0.05, 0.1) is 0 Å². The summed E-state index contributed by atoms with van der Waals surface area (Å²) in [4.78, 5) is 13.1. The monoisotopic (exact) mass is 268 g/mol. The first-order valence-corrected chi connectivity index (χ1v) is 6.13. The second-order valence-corrected chi connectivity index (χ2v) is 4.37. The summed E-state index contributed by atoms with van der Waals surface area (Å²) in [5, 5.41) is 20.3. The smallest absolute Gasteiger partial charge is 0.222 e. The normalized spacial score (nSPS) is 9.00. The molecule has 0 bridgehead atoms. The van der Waals surface area contributed by atoms with E-state index in [0.29, 0.717) is 12.8 Å². The number of aryl methyl sites for hydroxylation is 1. The molecule has 0 atom stereocenters. The quantitative estimate of drug-likeness (QED) is 0.829. The lowest BCUT2D eigenvalue weighted by molar-refractivity contribution is -0.128. The predicted octanol–water partition coefficient (Wildman–Crippen LogP) is 2.05. The van der Waals surface area contributed by atoms with Gasteiger partial charge in [-0.25, -0.2) is 0 Å². The van der Waals surface area contributed by atoms with Crippen LogP contribution < -0.4 is 5.32 Å². The largest absolute Gasteiger partial charge is 0.360 e. The minimum absolute atomic E-state index is 0.00386. The van der Waals surface area contributed by atoms with E-state index in [1.165, 1.54) is 6.20 Å². The lowest BCUT2D eigenvalue weighted by Gasteiger charge is -2.12. The van der Waals surface area contributed by atoms with Gasteiger partial charge in [-0.3, -0.25) is 4.79 Å². The highest BCUT2D eigenvalue weighted by atomic mass is 16.2. The molecular formula is C15H16N4O. The summed E-state index contributed by atoms with van der Waals surface area (Å²) in [5.74, 6) is 0.0603. The van der Waals surface area contributed by atoms with Crippen LogP contribution in [0, 0.1) is 22.7 Å². The molecular weight excluding hydrogens is 252 g/mol. The third kappa shape index (κ3) is 4.47. The van der Waals surface area contributed by atoms with Crippen molar-refractivity contribution in [3.8, 4) is 12.1 Å². The van der Waals surface area contributed by atoms with Crippen LogP contribution >= 0.6 is 0 Å². The van der Waals surface area contributed by atoms with Gasteiger partial charge in [-0.05, 0) is 18.1 Å². The number of para-hydroxylation sites is 1. The van der Waals surface area contributed by atoms with Crippen LogP contribution in [0.25, 0.3) is 0 Å². The number of rotatable bonds is 5. The van der Waals surface area contributed by atoms with E-state index in [4.69, 9.17) is 10.5 Å². The lowest BCUT2D eigenvalue weighted by atomic mass is 10.1. The molecule has 1 N–H and O–H groups in total. The Morgan fingerprint density at radius 3 is 2.55 bits per heavy atom. The topological polar surface area (TPSA) is 79.9 Å².